The summed E-state index contributed by atoms with van der Waals surface area (Å²) in [7, 11) is -3.78. The van der Waals surface area contributed by atoms with Gasteiger partial charge in [0.25, 0.3) is 0 Å². The van der Waals surface area contributed by atoms with E-state index in [-0.39, 0.29) is 12.3 Å². The molecule has 0 fully saturated rings. The van der Waals surface area contributed by atoms with Crippen LogP contribution in [0.4, 0.5) is 5.69 Å². The molecule has 1 atom stereocenters. The van der Waals surface area contributed by atoms with Crippen LogP contribution in [0.1, 0.15) is 13.8 Å². The van der Waals surface area contributed by atoms with E-state index in [2.05, 4.69) is 0 Å². The second kappa shape index (κ2) is 5.90. The highest BCUT2D eigenvalue weighted by Gasteiger charge is 2.38. The van der Waals surface area contributed by atoms with E-state index >= 15 is 0 Å². The molecule has 0 amide bonds. The van der Waals surface area contributed by atoms with Gasteiger partial charge < -0.3 is 9.84 Å². The van der Waals surface area contributed by atoms with Gasteiger partial charge in [0.2, 0.25) is 6.10 Å². The molecule has 0 radical (unpaired) electrons. The highest BCUT2D eigenvalue weighted by Crippen LogP contribution is 2.35. The van der Waals surface area contributed by atoms with E-state index in [0.717, 1.165) is 4.31 Å². The molecule has 1 aliphatic rings. The van der Waals surface area contributed by atoms with Gasteiger partial charge in [-0.3, -0.25) is 0 Å². The van der Waals surface area contributed by atoms with Gasteiger partial charge in [-0.2, -0.15) is 12.7 Å². The highest BCUT2D eigenvalue weighted by atomic mass is 32.2. The molecule has 2 rings (SSSR count). The molecule has 1 unspecified atom stereocenters. The number of rotatable bonds is 5. The molecule has 8 heteroatoms. The van der Waals surface area contributed by atoms with Gasteiger partial charge in [0.05, 0.1) is 12.2 Å². The monoisotopic (exact) mass is 314 g/mol. The van der Waals surface area contributed by atoms with Crippen LogP contribution in [-0.4, -0.2) is 49.5 Å². The molecule has 0 saturated carbocycles. The Balaban J connectivity index is 2.49. The summed E-state index contributed by atoms with van der Waals surface area (Å²) in [5.74, 6) is -0.934. The van der Waals surface area contributed by atoms with Gasteiger partial charge in [0.1, 0.15) is 5.75 Å². The van der Waals surface area contributed by atoms with Crippen LogP contribution in [0, 0.1) is 0 Å². The number of benzene rings is 1. The fourth-order valence-corrected chi connectivity index (χ4v) is 3.89. The van der Waals surface area contributed by atoms with Crippen molar-refractivity contribution in [3.8, 4) is 5.75 Å². The number of para-hydroxylation sites is 2. The fourth-order valence-electron chi connectivity index (χ4n) is 2.24. The van der Waals surface area contributed by atoms with Crippen LogP contribution in [0.25, 0.3) is 0 Å². The van der Waals surface area contributed by atoms with E-state index in [1.54, 1.807) is 38.1 Å². The molecule has 1 heterocycles. The first-order valence-corrected chi connectivity index (χ1v) is 8.07. The summed E-state index contributed by atoms with van der Waals surface area (Å²) in [4.78, 5) is 11.2. The Kier molecular flexibility index (Phi) is 4.38. The van der Waals surface area contributed by atoms with E-state index in [1.165, 1.54) is 4.31 Å². The molecule has 7 nitrogen and oxygen atoms in total. The Hall–Kier alpha value is -1.80. The predicted octanol–water partition coefficient (Wildman–Crippen LogP) is 0.925. The molecule has 1 aromatic rings. The van der Waals surface area contributed by atoms with Gasteiger partial charge in [-0.15, -0.1) is 0 Å². The summed E-state index contributed by atoms with van der Waals surface area (Å²) in [6, 6.07) is 6.53. The fraction of sp³-hybridized carbons (Fsp3) is 0.462. The number of carbonyl (C=O) groups is 1. The summed E-state index contributed by atoms with van der Waals surface area (Å²) >= 11 is 0. The average molecular weight is 314 g/mol. The molecular formula is C13H18N2O5S. The van der Waals surface area contributed by atoms with Crippen molar-refractivity contribution in [3.63, 3.8) is 0 Å². The van der Waals surface area contributed by atoms with E-state index in [1.807, 2.05) is 0 Å². The highest BCUT2D eigenvalue weighted by molar-refractivity contribution is 7.90. The first kappa shape index (κ1) is 15.6. The van der Waals surface area contributed by atoms with Crippen LogP contribution in [0.5, 0.6) is 5.75 Å². The summed E-state index contributed by atoms with van der Waals surface area (Å²) in [5.41, 5.74) is 0.363. The van der Waals surface area contributed by atoms with Gasteiger partial charge in [-0.25, -0.2) is 9.10 Å². The van der Waals surface area contributed by atoms with Gasteiger partial charge in [-0.05, 0) is 12.1 Å². The second-order valence-corrected chi connectivity index (χ2v) is 6.39. The standard InChI is InChI=1S/C13H18N2O5S/c1-3-14(4-2)21(18,19)15-9-12(13(16)17)20-11-8-6-5-7-10(11)15/h5-8,12H,3-4,9H2,1-2H3,(H,16,17). The van der Waals surface area contributed by atoms with Crippen molar-refractivity contribution in [2.75, 3.05) is 23.9 Å². The normalized spacial score (nSPS) is 18.2. The lowest BCUT2D eigenvalue weighted by molar-refractivity contribution is -0.144. The summed E-state index contributed by atoms with van der Waals surface area (Å²) < 4.78 is 33.1. The van der Waals surface area contributed by atoms with Crippen LogP contribution < -0.4 is 9.04 Å². The minimum atomic E-state index is -3.78. The van der Waals surface area contributed by atoms with Crippen molar-refractivity contribution in [3.05, 3.63) is 24.3 Å². The van der Waals surface area contributed by atoms with E-state index < -0.39 is 22.3 Å². The van der Waals surface area contributed by atoms with Gasteiger partial charge in [0, 0.05) is 13.1 Å². The molecule has 0 saturated heterocycles. The van der Waals surface area contributed by atoms with Crippen molar-refractivity contribution in [1.29, 1.82) is 0 Å². The lowest BCUT2D eigenvalue weighted by atomic mass is 10.2. The SMILES string of the molecule is CCN(CC)S(=O)(=O)N1CC(C(=O)O)Oc2ccccc21. The number of aliphatic carboxylic acids is 1. The number of carboxylic acids is 1. The smallest absolute Gasteiger partial charge is 0.346 e. The zero-order valence-corrected chi connectivity index (χ0v) is 12.7. The topological polar surface area (TPSA) is 87.2 Å². The molecule has 21 heavy (non-hydrogen) atoms. The molecular weight excluding hydrogens is 296 g/mol. The summed E-state index contributed by atoms with van der Waals surface area (Å²) in [5, 5.41) is 9.14. The Morgan fingerprint density at radius 1 is 1.38 bits per heavy atom. The van der Waals surface area contributed by atoms with Crippen LogP contribution in [0.2, 0.25) is 0 Å². The first-order chi connectivity index (χ1) is 9.91. The number of hydrogen-bond donors (Lipinski definition) is 1. The van der Waals surface area contributed by atoms with Gasteiger partial charge >= 0.3 is 16.2 Å². The van der Waals surface area contributed by atoms with E-state index in [4.69, 9.17) is 9.84 Å². The lowest BCUT2D eigenvalue weighted by Gasteiger charge is -2.36. The summed E-state index contributed by atoms with van der Waals surface area (Å²) in [6.45, 7) is 3.86. The average Bonchev–Trinajstić information content (AvgIpc) is 2.46. The number of hydrogen-bond acceptors (Lipinski definition) is 4. The maximum atomic E-state index is 12.7. The lowest BCUT2D eigenvalue weighted by Crippen LogP contribution is -2.51. The molecule has 0 bridgehead atoms. The van der Waals surface area contributed by atoms with E-state index in [9.17, 15) is 13.2 Å². The zero-order chi connectivity index (χ0) is 15.6. The molecule has 1 aliphatic heterocycles. The van der Waals surface area contributed by atoms with E-state index in [0.29, 0.717) is 18.8 Å². The zero-order valence-electron chi connectivity index (χ0n) is 11.9. The van der Waals surface area contributed by atoms with Crippen molar-refractivity contribution < 1.29 is 23.1 Å². The third-order valence-corrected chi connectivity index (χ3v) is 5.39. The second-order valence-electron chi connectivity index (χ2n) is 4.54. The van der Waals surface area contributed by atoms with Crippen LogP contribution in [0.3, 0.4) is 0 Å². The Morgan fingerprint density at radius 2 is 2.00 bits per heavy atom. The third kappa shape index (κ3) is 2.81. The molecule has 0 spiro atoms. The number of fused-ring (bicyclic) bond motifs is 1. The Bertz CT molecular complexity index is 627. The van der Waals surface area contributed by atoms with Gasteiger partial charge in [0.15, 0.2) is 0 Å². The molecule has 116 valence electrons. The number of nitrogens with zero attached hydrogens (tertiary/aromatic N) is 2. The maximum Gasteiger partial charge on any atom is 0.346 e. The Morgan fingerprint density at radius 3 is 2.57 bits per heavy atom. The van der Waals surface area contributed by atoms with Crippen molar-refractivity contribution in [1.82, 2.24) is 4.31 Å². The number of carboxylic acid groups (broad SMARTS) is 1. The van der Waals surface area contributed by atoms with Crippen molar-refractivity contribution >= 4 is 21.9 Å². The van der Waals surface area contributed by atoms with Crippen LogP contribution >= 0.6 is 0 Å². The van der Waals surface area contributed by atoms with Crippen molar-refractivity contribution in [2.45, 2.75) is 20.0 Å². The van der Waals surface area contributed by atoms with Crippen molar-refractivity contribution in [2.24, 2.45) is 0 Å². The largest absolute Gasteiger partial charge is 0.478 e. The third-order valence-electron chi connectivity index (χ3n) is 3.32. The van der Waals surface area contributed by atoms with Crippen LogP contribution in [-0.2, 0) is 15.0 Å². The Labute approximate surface area is 123 Å². The maximum absolute atomic E-state index is 12.7. The van der Waals surface area contributed by atoms with Crippen LogP contribution in [0.15, 0.2) is 24.3 Å². The summed E-state index contributed by atoms with van der Waals surface area (Å²) in [6.07, 6.45) is -1.22. The number of anilines is 1. The predicted molar refractivity (Wildman–Crippen MR) is 77.7 cm³/mol. The minimum Gasteiger partial charge on any atom is -0.478 e. The molecule has 0 aliphatic carbocycles. The minimum absolute atomic E-state index is 0.245. The quantitative estimate of drug-likeness (QED) is 0.873. The molecule has 1 aromatic carbocycles. The molecule has 1 N–H and O–H groups in total. The van der Waals surface area contributed by atoms with Gasteiger partial charge in [-0.1, -0.05) is 26.0 Å². The first-order valence-electron chi connectivity index (χ1n) is 6.68. The molecule has 0 aromatic heterocycles. The number of ether oxygens (including phenoxy) is 1.